The van der Waals surface area contributed by atoms with Crippen LogP contribution in [0.5, 0.6) is 11.5 Å². The van der Waals surface area contributed by atoms with E-state index in [-0.39, 0.29) is 11.9 Å². The van der Waals surface area contributed by atoms with Gasteiger partial charge in [-0.1, -0.05) is 61.4 Å². The van der Waals surface area contributed by atoms with E-state index in [1.165, 1.54) is 42.5 Å². The number of hydrogen-bond acceptors (Lipinski definition) is 5. The van der Waals surface area contributed by atoms with Crippen molar-refractivity contribution in [1.29, 1.82) is 0 Å². The minimum absolute atomic E-state index is 0.0115. The van der Waals surface area contributed by atoms with Crippen molar-refractivity contribution in [2.45, 2.75) is 76.9 Å². The summed E-state index contributed by atoms with van der Waals surface area (Å²) < 4.78 is 42.6. The molecule has 1 fully saturated rings. The van der Waals surface area contributed by atoms with Crippen molar-refractivity contribution in [2.24, 2.45) is 0 Å². The van der Waals surface area contributed by atoms with Crippen molar-refractivity contribution in [3.8, 4) is 22.6 Å². The van der Waals surface area contributed by atoms with Gasteiger partial charge in [-0.15, -0.1) is 0 Å². The second-order valence-corrected chi connectivity index (χ2v) is 10.7. The van der Waals surface area contributed by atoms with E-state index in [0.29, 0.717) is 31.3 Å². The standard InChI is InChI=1S/C34H39F2NO5/c1-34(35,36)42-29-20-17-26(18-21-29)27-19-22-31(41-28-15-8-3-4-9-16-28)30(24-27)37(32(38)33(39)40-2)23-11-10-14-25-12-6-5-7-13-25/h5-7,12-13,17-22,24,28H,3-4,8-11,14-16,23H2,1-2H3. The number of rotatable bonds is 11. The van der Waals surface area contributed by atoms with Gasteiger partial charge in [-0.3, -0.25) is 9.69 Å². The summed E-state index contributed by atoms with van der Waals surface area (Å²) >= 11 is 0. The first-order valence-electron chi connectivity index (χ1n) is 14.7. The second kappa shape index (κ2) is 14.8. The molecule has 0 unspecified atom stereocenters. The smallest absolute Gasteiger partial charge is 0.397 e. The maximum Gasteiger partial charge on any atom is 0.397 e. The number of carbonyl (C=O) groups excluding carboxylic acids is 2. The van der Waals surface area contributed by atoms with Crippen molar-refractivity contribution in [1.82, 2.24) is 0 Å². The van der Waals surface area contributed by atoms with Gasteiger partial charge in [-0.05, 0) is 85.9 Å². The highest BCUT2D eigenvalue weighted by Crippen LogP contribution is 2.37. The highest BCUT2D eigenvalue weighted by Gasteiger charge is 2.28. The lowest BCUT2D eigenvalue weighted by molar-refractivity contribution is -0.158. The number of alkyl halides is 2. The Bertz CT molecular complexity index is 1300. The monoisotopic (exact) mass is 579 g/mol. The van der Waals surface area contributed by atoms with Crippen LogP contribution < -0.4 is 14.4 Å². The van der Waals surface area contributed by atoms with E-state index in [0.717, 1.165) is 49.7 Å². The highest BCUT2D eigenvalue weighted by atomic mass is 19.3. The molecule has 8 heteroatoms. The molecule has 1 aliphatic rings. The summed E-state index contributed by atoms with van der Waals surface area (Å²) in [7, 11) is 1.19. The molecule has 1 saturated carbocycles. The number of esters is 1. The first-order chi connectivity index (χ1) is 20.2. The number of carbonyl (C=O) groups is 2. The van der Waals surface area contributed by atoms with Gasteiger partial charge in [-0.2, -0.15) is 8.78 Å². The van der Waals surface area contributed by atoms with Gasteiger partial charge in [-0.25, -0.2) is 4.79 Å². The molecule has 1 aliphatic carbocycles. The lowest BCUT2D eigenvalue weighted by Gasteiger charge is -2.27. The van der Waals surface area contributed by atoms with Gasteiger partial charge in [0.05, 0.1) is 18.9 Å². The SMILES string of the molecule is COC(=O)C(=O)N(CCCCc1ccccc1)c1cc(-c2ccc(OC(C)(F)F)cc2)ccc1OC1CCCCCC1. The Morgan fingerprint density at radius 3 is 2.19 bits per heavy atom. The number of aryl methyl sites for hydroxylation is 1. The number of hydrogen-bond donors (Lipinski definition) is 0. The second-order valence-electron chi connectivity index (χ2n) is 10.7. The third-order valence-electron chi connectivity index (χ3n) is 7.38. The fourth-order valence-corrected chi connectivity index (χ4v) is 5.24. The first kappa shape index (κ1) is 31.0. The molecule has 0 spiro atoms. The Balaban J connectivity index is 1.65. The molecule has 42 heavy (non-hydrogen) atoms. The van der Waals surface area contributed by atoms with Crippen molar-refractivity contribution in [2.75, 3.05) is 18.6 Å². The highest BCUT2D eigenvalue weighted by molar-refractivity contribution is 6.38. The Hall–Kier alpha value is -3.94. The number of anilines is 1. The van der Waals surface area contributed by atoms with Crippen molar-refractivity contribution < 1.29 is 32.6 Å². The number of ether oxygens (including phenoxy) is 3. The molecule has 0 atom stereocenters. The van der Waals surface area contributed by atoms with Crippen LogP contribution >= 0.6 is 0 Å². The molecule has 1 amide bonds. The first-order valence-corrected chi connectivity index (χ1v) is 14.7. The molecule has 0 aromatic heterocycles. The Kier molecular flexibility index (Phi) is 10.9. The van der Waals surface area contributed by atoms with E-state index >= 15 is 0 Å². The molecule has 3 aromatic rings. The Morgan fingerprint density at radius 2 is 1.55 bits per heavy atom. The number of methoxy groups -OCH3 is 1. The molecular weight excluding hydrogens is 540 g/mol. The van der Waals surface area contributed by atoms with Gasteiger partial charge in [0.1, 0.15) is 11.5 Å². The topological polar surface area (TPSA) is 65.1 Å². The van der Waals surface area contributed by atoms with Gasteiger partial charge >= 0.3 is 18.0 Å². The van der Waals surface area contributed by atoms with Gasteiger partial charge in [0, 0.05) is 13.5 Å². The van der Waals surface area contributed by atoms with E-state index < -0.39 is 18.0 Å². The fraction of sp³-hybridized carbons (Fsp3) is 0.412. The van der Waals surface area contributed by atoms with Gasteiger partial charge in [0.15, 0.2) is 0 Å². The molecule has 0 aliphatic heterocycles. The predicted molar refractivity (Wildman–Crippen MR) is 159 cm³/mol. The van der Waals surface area contributed by atoms with Gasteiger partial charge in [0.25, 0.3) is 0 Å². The minimum atomic E-state index is -3.29. The van der Waals surface area contributed by atoms with Crippen LogP contribution in [0.15, 0.2) is 72.8 Å². The van der Waals surface area contributed by atoms with Crippen molar-refractivity contribution in [3.05, 3.63) is 78.4 Å². The van der Waals surface area contributed by atoms with Crippen LogP contribution in [0.2, 0.25) is 0 Å². The lowest BCUT2D eigenvalue weighted by Crippen LogP contribution is -2.38. The number of benzene rings is 3. The Labute approximate surface area is 246 Å². The number of nitrogens with zero attached hydrogens (tertiary/aromatic N) is 1. The maximum atomic E-state index is 13.4. The third kappa shape index (κ3) is 9.03. The predicted octanol–water partition coefficient (Wildman–Crippen LogP) is 7.98. The minimum Gasteiger partial charge on any atom is -0.488 e. The quantitative estimate of drug-likeness (QED) is 0.0998. The summed E-state index contributed by atoms with van der Waals surface area (Å²) in [6, 6.07) is 21.9. The van der Waals surface area contributed by atoms with Crippen LogP contribution in [0.1, 0.15) is 63.9 Å². The summed E-state index contributed by atoms with van der Waals surface area (Å²) in [6.45, 7) is 0.983. The summed E-state index contributed by atoms with van der Waals surface area (Å²) in [6.07, 6.45) is 5.38. The van der Waals surface area contributed by atoms with Crippen LogP contribution in [0, 0.1) is 0 Å². The zero-order valence-electron chi connectivity index (χ0n) is 24.3. The van der Waals surface area contributed by atoms with Crippen LogP contribution in [-0.4, -0.2) is 37.7 Å². The summed E-state index contributed by atoms with van der Waals surface area (Å²) in [4.78, 5) is 27.3. The zero-order valence-corrected chi connectivity index (χ0v) is 24.3. The number of unbranched alkanes of at least 4 members (excludes halogenated alkanes) is 1. The maximum absolute atomic E-state index is 13.4. The van der Waals surface area contributed by atoms with Crippen LogP contribution in [0.3, 0.4) is 0 Å². The largest absolute Gasteiger partial charge is 0.488 e. The average molecular weight is 580 g/mol. The molecule has 6 nitrogen and oxygen atoms in total. The Morgan fingerprint density at radius 1 is 0.881 bits per heavy atom. The van der Waals surface area contributed by atoms with E-state index in [9.17, 15) is 18.4 Å². The van der Waals surface area contributed by atoms with Crippen LogP contribution in [-0.2, 0) is 20.7 Å². The molecule has 0 saturated heterocycles. The van der Waals surface area contributed by atoms with Crippen LogP contribution in [0.4, 0.5) is 14.5 Å². The normalized spacial score (nSPS) is 14.1. The molecule has 4 rings (SSSR count). The molecule has 0 bridgehead atoms. The molecule has 0 radical (unpaired) electrons. The fourth-order valence-electron chi connectivity index (χ4n) is 5.24. The van der Waals surface area contributed by atoms with E-state index in [4.69, 9.17) is 9.47 Å². The summed E-state index contributed by atoms with van der Waals surface area (Å²) in [5, 5.41) is 0. The van der Waals surface area contributed by atoms with Gasteiger partial charge in [0.2, 0.25) is 0 Å². The third-order valence-corrected chi connectivity index (χ3v) is 7.38. The molecule has 0 heterocycles. The average Bonchev–Trinajstić information content (AvgIpc) is 3.26. The van der Waals surface area contributed by atoms with E-state index in [2.05, 4.69) is 16.9 Å². The lowest BCUT2D eigenvalue weighted by atomic mass is 10.0. The molecule has 0 N–H and O–H groups in total. The van der Waals surface area contributed by atoms with E-state index in [1.807, 2.05) is 36.4 Å². The summed E-state index contributed by atoms with van der Waals surface area (Å²) in [5.74, 6) is -1.16. The molecule has 224 valence electrons. The van der Waals surface area contributed by atoms with Crippen molar-refractivity contribution >= 4 is 17.6 Å². The van der Waals surface area contributed by atoms with Gasteiger partial charge < -0.3 is 14.2 Å². The van der Waals surface area contributed by atoms with Crippen molar-refractivity contribution in [3.63, 3.8) is 0 Å². The van der Waals surface area contributed by atoms with E-state index in [1.54, 1.807) is 12.1 Å². The molecular formula is C34H39F2NO5. The zero-order chi connectivity index (χ0) is 30.0. The summed E-state index contributed by atoms with van der Waals surface area (Å²) in [5.41, 5.74) is 3.15. The van der Waals surface area contributed by atoms with Crippen LogP contribution in [0.25, 0.3) is 11.1 Å². The number of halogens is 2. The number of amides is 1. The molecule has 3 aromatic carbocycles.